The average molecular weight is 254 g/mol. The van der Waals surface area contributed by atoms with Gasteiger partial charge in [-0.15, -0.1) is 0 Å². The zero-order valence-electron chi connectivity index (χ0n) is 11.8. The summed E-state index contributed by atoms with van der Waals surface area (Å²) in [5.41, 5.74) is 8.47. The van der Waals surface area contributed by atoms with Crippen LogP contribution in [0.3, 0.4) is 0 Å². The van der Waals surface area contributed by atoms with Gasteiger partial charge in [0.1, 0.15) is 0 Å². The zero-order chi connectivity index (χ0) is 13.4. The van der Waals surface area contributed by atoms with E-state index in [0.29, 0.717) is 6.04 Å². The minimum absolute atomic E-state index is 0.443. The highest BCUT2D eigenvalue weighted by Crippen LogP contribution is 2.29. The number of nitrogens with two attached hydrogens (primary N) is 1. The molecule has 0 atom stereocenters. The predicted molar refractivity (Wildman–Crippen MR) is 82.7 cm³/mol. The van der Waals surface area contributed by atoms with Gasteiger partial charge in [0.2, 0.25) is 0 Å². The summed E-state index contributed by atoms with van der Waals surface area (Å²) in [5.74, 6) is 0.772. The first-order valence-corrected chi connectivity index (χ1v) is 7.09. The normalized spacial score (nSPS) is 22.3. The molecule has 2 aromatic carbocycles. The van der Waals surface area contributed by atoms with Gasteiger partial charge in [0.15, 0.2) is 0 Å². The van der Waals surface area contributed by atoms with Gasteiger partial charge in [-0.2, -0.15) is 0 Å². The van der Waals surface area contributed by atoms with E-state index in [4.69, 9.17) is 5.73 Å². The van der Waals surface area contributed by atoms with Crippen LogP contribution in [0.25, 0.3) is 10.8 Å². The van der Waals surface area contributed by atoms with Crippen LogP contribution in [0.15, 0.2) is 36.4 Å². The molecule has 1 saturated carbocycles. The van der Waals surface area contributed by atoms with Gasteiger partial charge in [0, 0.05) is 25.3 Å². The maximum absolute atomic E-state index is 5.85. The van der Waals surface area contributed by atoms with Crippen molar-refractivity contribution >= 4 is 16.5 Å². The molecule has 2 heteroatoms. The summed E-state index contributed by atoms with van der Waals surface area (Å²) < 4.78 is 0. The van der Waals surface area contributed by atoms with E-state index in [1.807, 2.05) is 0 Å². The summed E-state index contributed by atoms with van der Waals surface area (Å²) in [6.07, 6.45) is 2.36. The van der Waals surface area contributed by atoms with E-state index >= 15 is 0 Å². The van der Waals surface area contributed by atoms with Crippen LogP contribution < -0.4 is 10.6 Å². The Kier molecular flexibility index (Phi) is 3.19. The van der Waals surface area contributed by atoms with E-state index in [2.05, 4.69) is 55.3 Å². The molecule has 0 bridgehead atoms. The van der Waals surface area contributed by atoms with Crippen molar-refractivity contribution < 1.29 is 0 Å². The summed E-state index contributed by atoms with van der Waals surface area (Å²) in [6, 6.07) is 13.8. The summed E-state index contributed by atoms with van der Waals surface area (Å²) in [5, 5.41) is 2.64. The van der Waals surface area contributed by atoms with Gasteiger partial charge in [-0.25, -0.2) is 0 Å². The molecule has 100 valence electrons. The number of benzene rings is 2. The lowest BCUT2D eigenvalue weighted by atomic mass is 9.80. The molecule has 0 radical (unpaired) electrons. The van der Waals surface area contributed by atoms with Crippen LogP contribution in [-0.4, -0.2) is 19.6 Å². The van der Waals surface area contributed by atoms with E-state index in [-0.39, 0.29) is 0 Å². The Morgan fingerprint density at radius 3 is 2.53 bits per heavy atom. The summed E-state index contributed by atoms with van der Waals surface area (Å²) in [7, 11) is 2.18. The van der Waals surface area contributed by atoms with Crippen LogP contribution in [0.2, 0.25) is 0 Å². The van der Waals surface area contributed by atoms with E-state index in [0.717, 1.165) is 12.5 Å². The quantitative estimate of drug-likeness (QED) is 0.910. The number of rotatable bonds is 3. The van der Waals surface area contributed by atoms with Crippen LogP contribution in [0.5, 0.6) is 0 Å². The standard InChI is InChI=1S/C17H22N2/c1-12-3-4-15-10-17(6-5-14(15)7-12)19(2)11-13-8-16(18)9-13/h3-7,10,13,16H,8-9,11,18H2,1-2H3. The molecule has 0 aliphatic heterocycles. The smallest absolute Gasteiger partial charge is 0.0370 e. The minimum Gasteiger partial charge on any atom is -0.374 e. The van der Waals surface area contributed by atoms with Crippen LogP contribution in [-0.2, 0) is 0 Å². The summed E-state index contributed by atoms with van der Waals surface area (Å²) >= 11 is 0. The molecule has 0 aromatic heterocycles. The number of anilines is 1. The Morgan fingerprint density at radius 2 is 1.79 bits per heavy atom. The third-order valence-corrected chi connectivity index (χ3v) is 4.22. The second-order valence-corrected chi connectivity index (χ2v) is 6.01. The van der Waals surface area contributed by atoms with Gasteiger partial charge >= 0.3 is 0 Å². The molecule has 3 rings (SSSR count). The monoisotopic (exact) mass is 254 g/mol. The molecule has 0 spiro atoms. The molecular weight excluding hydrogens is 232 g/mol. The van der Waals surface area contributed by atoms with Gasteiger partial charge < -0.3 is 10.6 Å². The lowest BCUT2D eigenvalue weighted by molar-refractivity contribution is 0.271. The topological polar surface area (TPSA) is 29.3 Å². The van der Waals surface area contributed by atoms with Crippen molar-refractivity contribution in [3.05, 3.63) is 42.0 Å². The summed E-state index contributed by atoms with van der Waals surface area (Å²) in [6.45, 7) is 3.25. The third kappa shape index (κ3) is 2.59. The fraction of sp³-hybridized carbons (Fsp3) is 0.412. The highest BCUT2D eigenvalue weighted by Gasteiger charge is 2.26. The van der Waals surface area contributed by atoms with Crippen molar-refractivity contribution in [3.8, 4) is 0 Å². The molecule has 1 aliphatic rings. The molecule has 0 unspecified atom stereocenters. The minimum atomic E-state index is 0.443. The molecule has 1 aliphatic carbocycles. The van der Waals surface area contributed by atoms with Crippen molar-refractivity contribution in [1.29, 1.82) is 0 Å². The predicted octanol–water partition coefficient (Wildman–Crippen LogP) is 3.32. The van der Waals surface area contributed by atoms with E-state index in [1.54, 1.807) is 0 Å². The summed E-state index contributed by atoms with van der Waals surface area (Å²) in [4.78, 5) is 2.36. The molecule has 2 N–H and O–H groups in total. The van der Waals surface area contributed by atoms with E-state index in [9.17, 15) is 0 Å². The first-order valence-electron chi connectivity index (χ1n) is 7.09. The Balaban J connectivity index is 1.78. The number of aryl methyl sites for hydroxylation is 1. The molecule has 0 saturated heterocycles. The SMILES string of the molecule is Cc1ccc2cc(N(C)CC3CC(N)C3)ccc2c1. The lowest BCUT2D eigenvalue weighted by Gasteiger charge is -2.36. The Hall–Kier alpha value is -1.54. The van der Waals surface area contributed by atoms with Gasteiger partial charge in [-0.05, 0) is 48.6 Å². The number of fused-ring (bicyclic) bond motifs is 1. The zero-order valence-corrected chi connectivity index (χ0v) is 11.8. The highest BCUT2D eigenvalue weighted by molar-refractivity contribution is 5.86. The van der Waals surface area contributed by atoms with Crippen LogP contribution in [0, 0.1) is 12.8 Å². The van der Waals surface area contributed by atoms with Crippen LogP contribution >= 0.6 is 0 Å². The fourth-order valence-corrected chi connectivity index (χ4v) is 3.02. The Bertz CT molecular complexity index is 585. The molecule has 2 aromatic rings. The Labute approximate surface area is 115 Å². The second kappa shape index (κ2) is 4.86. The van der Waals surface area contributed by atoms with Crippen molar-refractivity contribution in [3.63, 3.8) is 0 Å². The van der Waals surface area contributed by atoms with Crippen molar-refractivity contribution in [2.24, 2.45) is 11.7 Å². The van der Waals surface area contributed by atoms with E-state index in [1.165, 1.54) is 34.9 Å². The molecule has 1 fully saturated rings. The lowest BCUT2D eigenvalue weighted by Crippen LogP contribution is -2.41. The molecule has 0 heterocycles. The van der Waals surface area contributed by atoms with Gasteiger partial charge in [-0.1, -0.05) is 29.8 Å². The molecule has 19 heavy (non-hydrogen) atoms. The Morgan fingerprint density at radius 1 is 1.11 bits per heavy atom. The number of hydrogen-bond acceptors (Lipinski definition) is 2. The van der Waals surface area contributed by atoms with Gasteiger partial charge in [-0.3, -0.25) is 0 Å². The maximum atomic E-state index is 5.85. The van der Waals surface area contributed by atoms with Crippen LogP contribution in [0.4, 0.5) is 5.69 Å². The maximum Gasteiger partial charge on any atom is 0.0370 e. The molecule has 2 nitrogen and oxygen atoms in total. The van der Waals surface area contributed by atoms with Crippen LogP contribution in [0.1, 0.15) is 18.4 Å². The second-order valence-electron chi connectivity index (χ2n) is 6.01. The number of nitrogens with zero attached hydrogens (tertiary/aromatic N) is 1. The first kappa shape index (κ1) is 12.5. The highest BCUT2D eigenvalue weighted by atomic mass is 15.1. The van der Waals surface area contributed by atoms with Gasteiger partial charge in [0.25, 0.3) is 0 Å². The third-order valence-electron chi connectivity index (χ3n) is 4.22. The van der Waals surface area contributed by atoms with Gasteiger partial charge in [0.05, 0.1) is 0 Å². The van der Waals surface area contributed by atoms with E-state index < -0.39 is 0 Å². The number of hydrogen-bond donors (Lipinski definition) is 1. The van der Waals surface area contributed by atoms with Crippen molar-refractivity contribution in [2.75, 3.05) is 18.5 Å². The largest absolute Gasteiger partial charge is 0.374 e. The average Bonchev–Trinajstić information content (AvgIpc) is 2.36. The fourth-order valence-electron chi connectivity index (χ4n) is 3.02. The molecule has 0 amide bonds. The van der Waals surface area contributed by atoms with Crippen molar-refractivity contribution in [1.82, 2.24) is 0 Å². The first-order chi connectivity index (χ1) is 9.11. The van der Waals surface area contributed by atoms with Crippen molar-refractivity contribution in [2.45, 2.75) is 25.8 Å². The molecular formula is C17H22N2.